The highest BCUT2D eigenvalue weighted by atomic mass is 79.9. The Morgan fingerprint density at radius 2 is 2.04 bits per heavy atom. The Morgan fingerprint density at radius 1 is 1.32 bits per heavy atom. The monoisotopic (exact) mass is 437 g/mol. The Morgan fingerprint density at radius 3 is 2.64 bits per heavy atom. The fourth-order valence-corrected chi connectivity index (χ4v) is 4.07. The van der Waals surface area contributed by atoms with Gasteiger partial charge in [0, 0.05) is 12.5 Å². The van der Waals surface area contributed by atoms with Crippen molar-refractivity contribution in [3.63, 3.8) is 0 Å². The fourth-order valence-electron chi connectivity index (χ4n) is 2.41. The van der Waals surface area contributed by atoms with Gasteiger partial charge in [-0.3, -0.25) is 9.69 Å². The molecule has 1 fully saturated rings. The topological polar surface area (TPSA) is 70.8 Å². The molecule has 1 aromatic heterocycles. The molecule has 1 unspecified atom stereocenters. The van der Waals surface area contributed by atoms with Crippen LogP contribution in [0.4, 0.5) is 0 Å². The molecule has 2 aromatic rings. The molecular weight excluding hydrogens is 426 g/mol. The Kier molecular flexibility index (Phi) is 5.41. The second-order valence-electron chi connectivity index (χ2n) is 5.24. The highest BCUT2D eigenvalue weighted by Crippen LogP contribution is 2.35. The van der Waals surface area contributed by atoms with E-state index in [1.807, 2.05) is 30.3 Å². The molecule has 128 valence electrons. The summed E-state index contributed by atoms with van der Waals surface area (Å²) in [5.41, 5.74) is 0.822. The third kappa shape index (κ3) is 4.02. The number of amides is 1. The maximum atomic E-state index is 12.7. The Labute approximate surface area is 161 Å². The number of carboxylic acid groups (broad SMARTS) is 1. The smallest absolute Gasteiger partial charge is 0.327 e. The van der Waals surface area contributed by atoms with Gasteiger partial charge in [-0.15, -0.1) is 0 Å². The number of furan rings is 1. The van der Waals surface area contributed by atoms with Crippen LogP contribution in [-0.4, -0.2) is 32.2 Å². The number of thiocarbonyl (C=S) groups is 1. The van der Waals surface area contributed by atoms with Gasteiger partial charge in [-0.2, -0.15) is 0 Å². The minimum absolute atomic E-state index is 0.183. The van der Waals surface area contributed by atoms with Gasteiger partial charge in [0.2, 0.25) is 0 Å². The van der Waals surface area contributed by atoms with Crippen LogP contribution in [0.1, 0.15) is 11.3 Å². The molecule has 0 spiro atoms. The minimum atomic E-state index is -1.10. The molecule has 1 amide bonds. The van der Waals surface area contributed by atoms with Crippen molar-refractivity contribution in [2.45, 2.75) is 12.5 Å². The zero-order chi connectivity index (χ0) is 18.0. The first-order chi connectivity index (χ1) is 12.0. The van der Waals surface area contributed by atoms with E-state index in [0.29, 0.717) is 15.3 Å². The van der Waals surface area contributed by atoms with Crippen LogP contribution < -0.4 is 0 Å². The van der Waals surface area contributed by atoms with E-state index in [0.717, 1.165) is 17.3 Å². The van der Waals surface area contributed by atoms with Crippen LogP contribution in [0.25, 0.3) is 6.08 Å². The second kappa shape index (κ2) is 7.55. The van der Waals surface area contributed by atoms with Crippen LogP contribution in [0.5, 0.6) is 0 Å². The summed E-state index contributed by atoms with van der Waals surface area (Å²) in [6.07, 6.45) is 1.74. The van der Waals surface area contributed by atoms with Gasteiger partial charge >= 0.3 is 5.97 Å². The number of halogens is 1. The van der Waals surface area contributed by atoms with Gasteiger partial charge in [0.25, 0.3) is 5.91 Å². The second-order valence-corrected chi connectivity index (χ2v) is 7.69. The Bertz CT molecular complexity index is 863. The molecule has 0 aliphatic carbocycles. The van der Waals surface area contributed by atoms with Crippen LogP contribution in [0.15, 0.2) is 56.5 Å². The van der Waals surface area contributed by atoms with Crippen LogP contribution in [0.3, 0.4) is 0 Å². The lowest BCUT2D eigenvalue weighted by molar-refractivity contribution is -0.145. The van der Waals surface area contributed by atoms with Gasteiger partial charge in [0.05, 0.1) is 4.91 Å². The van der Waals surface area contributed by atoms with Crippen molar-refractivity contribution in [3.8, 4) is 0 Å². The highest BCUT2D eigenvalue weighted by Gasteiger charge is 2.40. The predicted molar refractivity (Wildman–Crippen MR) is 103 cm³/mol. The highest BCUT2D eigenvalue weighted by molar-refractivity contribution is 9.10. The van der Waals surface area contributed by atoms with Crippen LogP contribution in [0.2, 0.25) is 0 Å². The van der Waals surface area contributed by atoms with Crippen molar-refractivity contribution in [3.05, 3.63) is 63.4 Å². The van der Waals surface area contributed by atoms with Crippen LogP contribution in [-0.2, 0) is 16.0 Å². The molecule has 1 atom stereocenters. The molecule has 1 aliphatic rings. The molecule has 0 radical (unpaired) electrons. The summed E-state index contributed by atoms with van der Waals surface area (Å²) in [6.45, 7) is 0. The molecule has 8 heteroatoms. The van der Waals surface area contributed by atoms with E-state index in [2.05, 4.69) is 15.9 Å². The maximum Gasteiger partial charge on any atom is 0.327 e. The normalized spacial score (nSPS) is 17.3. The van der Waals surface area contributed by atoms with Crippen molar-refractivity contribution in [1.82, 2.24) is 4.90 Å². The molecule has 5 nitrogen and oxygen atoms in total. The Balaban J connectivity index is 1.86. The molecule has 0 saturated carbocycles. The number of hydrogen-bond acceptors (Lipinski definition) is 5. The van der Waals surface area contributed by atoms with E-state index in [-0.39, 0.29) is 10.7 Å². The van der Waals surface area contributed by atoms with E-state index in [1.165, 1.54) is 4.90 Å². The van der Waals surface area contributed by atoms with Crippen molar-refractivity contribution < 1.29 is 19.1 Å². The lowest BCUT2D eigenvalue weighted by atomic mass is 10.0. The van der Waals surface area contributed by atoms with E-state index >= 15 is 0 Å². The average molecular weight is 438 g/mol. The maximum absolute atomic E-state index is 12.7. The number of carbonyl (C=O) groups excluding carboxylic acids is 1. The lowest BCUT2D eigenvalue weighted by Crippen LogP contribution is -2.45. The summed E-state index contributed by atoms with van der Waals surface area (Å²) < 4.78 is 6.13. The van der Waals surface area contributed by atoms with Crippen molar-refractivity contribution in [2.75, 3.05) is 0 Å². The summed E-state index contributed by atoms with van der Waals surface area (Å²) in [5, 5.41) is 9.60. The van der Waals surface area contributed by atoms with Gasteiger partial charge in [0.15, 0.2) is 4.67 Å². The largest absolute Gasteiger partial charge is 0.480 e. The van der Waals surface area contributed by atoms with E-state index in [9.17, 15) is 14.7 Å². The first-order valence-electron chi connectivity index (χ1n) is 7.25. The zero-order valence-corrected chi connectivity index (χ0v) is 15.9. The van der Waals surface area contributed by atoms with Crippen LogP contribution >= 0.6 is 39.9 Å². The summed E-state index contributed by atoms with van der Waals surface area (Å²) in [6, 6.07) is 11.5. The first kappa shape index (κ1) is 17.9. The molecule has 25 heavy (non-hydrogen) atoms. The minimum Gasteiger partial charge on any atom is -0.480 e. The standard InChI is InChI=1S/C17H12BrNO4S2/c18-14-7-6-11(23-14)9-13-15(20)19(17(24)25-13)12(16(21)22)8-10-4-2-1-3-5-10/h1-7,9,12H,8H2,(H,21,22). The average Bonchev–Trinajstić information content (AvgIpc) is 3.10. The number of rotatable bonds is 5. The van der Waals surface area contributed by atoms with Crippen molar-refractivity contribution in [1.29, 1.82) is 0 Å². The molecule has 2 heterocycles. The fraction of sp³-hybridized carbons (Fsp3) is 0.118. The summed E-state index contributed by atoms with van der Waals surface area (Å²) in [7, 11) is 0. The Hall–Kier alpha value is -1.90. The first-order valence-corrected chi connectivity index (χ1v) is 9.26. The number of hydrogen-bond donors (Lipinski definition) is 1. The van der Waals surface area contributed by atoms with Crippen molar-refractivity contribution >= 4 is 62.2 Å². The SMILES string of the molecule is O=C(O)C(Cc1ccccc1)N1C(=O)C(=Cc2ccc(Br)o2)SC1=S. The molecule has 0 bridgehead atoms. The molecule has 1 N–H and O–H groups in total. The van der Waals surface area contributed by atoms with E-state index in [4.69, 9.17) is 16.6 Å². The number of aliphatic carboxylic acids is 1. The predicted octanol–water partition coefficient (Wildman–Crippen LogP) is 3.94. The number of thioether (sulfide) groups is 1. The van der Waals surface area contributed by atoms with E-state index < -0.39 is 17.9 Å². The number of carboxylic acids is 1. The van der Waals surface area contributed by atoms with Gasteiger partial charge in [-0.1, -0.05) is 54.3 Å². The third-order valence-electron chi connectivity index (χ3n) is 3.56. The molecule has 1 aromatic carbocycles. The van der Waals surface area contributed by atoms with Crippen LogP contribution in [0, 0.1) is 0 Å². The quantitative estimate of drug-likeness (QED) is 0.564. The zero-order valence-electron chi connectivity index (χ0n) is 12.7. The molecule has 1 saturated heterocycles. The third-order valence-corrected chi connectivity index (χ3v) is 5.32. The van der Waals surface area contributed by atoms with E-state index in [1.54, 1.807) is 18.2 Å². The van der Waals surface area contributed by atoms with Gasteiger partial charge in [-0.25, -0.2) is 4.79 Å². The molecular formula is C17H12BrNO4S2. The number of benzene rings is 1. The molecule has 1 aliphatic heterocycles. The van der Waals surface area contributed by atoms with Crippen molar-refractivity contribution in [2.24, 2.45) is 0 Å². The van der Waals surface area contributed by atoms with Gasteiger partial charge in [-0.05, 0) is 33.6 Å². The number of nitrogens with zero attached hydrogens (tertiary/aromatic N) is 1. The number of carbonyl (C=O) groups is 2. The molecule has 3 rings (SSSR count). The summed E-state index contributed by atoms with van der Waals surface area (Å²) in [5.74, 6) is -1.03. The summed E-state index contributed by atoms with van der Waals surface area (Å²) in [4.78, 5) is 25.9. The van der Waals surface area contributed by atoms with Gasteiger partial charge in [0.1, 0.15) is 16.1 Å². The lowest BCUT2D eigenvalue weighted by Gasteiger charge is -2.23. The summed E-state index contributed by atoms with van der Waals surface area (Å²) >= 11 is 9.52. The van der Waals surface area contributed by atoms with Gasteiger partial charge < -0.3 is 9.52 Å².